The smallest absolute Gasteiger partial charge is 0.0363 e. The summed E-state index contributed by atoms with van der Waals surface area (Å²) in [4.78, 5) is 0. The van der Waals surface area contributed by atoms with Gasteiger partial charge >= 0.3 is 0 Å². The molecule has 1 aliphatic carbocycles. The topological polar surface area (TPSA) is 0 Å². The van der Waals surface area contributed by atoms with E-state index in [0.29, 0.717) is 0 Å². The number of hydrogen-bond acceptors (Lipinski definition) is 0. The molecule has 3 unspecified atom stereocenters. The van der Waals surface area contributed by atoms with E-state index in [2.05, 4.69) is 20.8 Å². The zero-order chi connectivity index (χ0) is 13.0. The van der Waals surface area contributed by atoms with Gasteiger partial charge in [0.05, 0.1) is 0 Å². The van der Waals surface area contributed by atoms with E-state index >= 15 is 0 Å². The summed E-state index contributed by atoms with van der Waals surface area (Å²) in [5.74, 6) is 3.02. The lowest BCUT2D eigenvalue weighted by Crippen LogP contribution is -2.23. The zero-order valence-corrected chi connectivity index (χ0v) is 13.0. The third kappa shape index (κ3) is 9.68. The normalized spacial score (nSPS) is 24.2. The second-order valence-corrected chi connectivity index (χ2v) is 4.69. The molecule has 0 heterocycles. The molecule has 0 amide bonds. The molecular formula is C17H40. The Bertz CT molecular complexity index is 117. The lowest BCUT2D eigenvalue weighted by atomic mass is 9.73. The maximum atomic E-state index is 2.45. The Morgan fingerprint density at radius 2 is 1.47 bits per heavy atom. The largest absolute Gasteiger partial charge is 0.0776 e. The van der Waals surface area contributed by atoms with Crippen LogP contribution in [0.1, 0.15) is 94.4 Å². The van der Waals surface area contributed by atoms with Gasteiger partial charge in [0.2, 0.25) is 0 Å². The molecule has 0 spiro atoms. The van der Waals surface area contributed by atoms with Crippen molar-refractivity contribution in [3.05, 3.63) is 0 Å². The average molecular weight is 245 g/mol. The first-order valence-electron chi connectivity index (χ1n) is 7.75. The van der Waals surface area contributed by atoms with Crippen LogP contribution in [-0.4, -0.2) is 0 Å². The first-order valence-corrected chi connectivity index (χ1v) is 7.75. The van der Waals surface area contributed by atoms with Gasteiger partial charge < -0.3 is 0 Å². The Morgan fingerprint density at radius 3 is 1.88 bits per heavy atom. The minimum absolute atomic E-state index is 0. The van der Waals surface area contributed by atoms with E-state index in [0.717, 1.165) is 17.8 Å². The third-order valence-electron chi connectivity index (χ3n) is 3.65. The molecule has 17 heavy (non-hydrogen) atoms. The quantitative estimate of drug-likeness (QED) is 0.504. The van der Waals surface area contributed by atoms with Crippen molar-refractivity contribution in [1.82, 2.24) is 0 Å². The third-order valence-corrected chi connectivity index (χ3v) is 3.65. The van der Waals surface area contributed by atoms with Crippen molar-refractivity contribution in [2.45, 2.75) is 94.4 Å². The van der Waals surface area contributed by atoms with E-state index in [1.54, 1.807) is 0 Å². The predicted octanol–water partition coefficient (Wildman–Crippen LogP) is 6.94. The van der Waals surface area contributed by atoms with E-state index < -0.39 is 0 Å². The van der Waals surface area contributed by atoms with E-state index in [1.807, 2.05) is 27.7 Å². The summed E-state index contributed by atoms with van der Waals surface area (Å²) < 4.78 is 0. The average Bonchev–Trinajstić information content (AvgIpc) is 2.35. The van der Waals surface area contributed by atoms with Gasteiger partial charge in [0.15, 0.2) is 0 Å². The maximum Gasteiger partial charge on any atom is -0.0363 e. The van der Waals surface area contributed by atoms with Crippen LogP contribution in [0.2, 0.25) is 0 Å². The van der Waals surface area contributed by atoms with E-state index in [-0.39, 0.29) is 7.43 Å². The minimum Gasteiger partial charge on any atom is -0.0776 e. The van der Waals surface area contributed by atoms with Crippen molar-refractivity contribution in [2.75, 3.05) is 0 Å². The molecule has 0 N–H and O–H groups in total. The van der Waals surface area contributed by atoms with Crippen LogP contribution in [0.3, 0.4) is 0 Å². The molecule has 3 atom stereocenters. The second-order valence-electron chi connectivity index (χ2n) is 4.69. The SMILES string of the molecule is C.CC.CC.CCCC(C)C1CCCCC1C. The van der Waals surface area contributed by atoms with Crippen LogP contribution < -0.4 is 0 Å². The molecule has 108 valence electrons. The lowest BCUT2D eigenvalue weighted by Gasteiger charge is -2.33. The standard InChI is InChI=1S/C12H24.2C2H6.CH4/c1-4-7-10(2)12-9-6-5-8-11(12)3;2*1-2;/h10-12H,4-9H2,1-3H3;2*1-2H3;1H4. The van der Waals surface area contributed by atoms with Gasteiger partial charge in [-0.1, -0.05) is 88.0 Å². The van der Waals surface area contributed by atoms with Crippen LogP contribution in [0.25, 0.3) is 0 Å². The highest BCUT2D eigenvalue weighted by atomic mass is 14.3. The monoisotopic (exact) mass is 244 g/mol. The Labute approximate surface area is 113 Å². The van der Waals surface area contributed by atoms with Gasteiger partial charge in [0, 0.05) is 0 Å². The Kier molecular flexibility index (Phi) is 20.9. The van der Waals surface area contributed by atoms with Crippen molar-refractivity contribution < 1.29 is 0 Å². The van der Waals surface area contributed by atoms with Crippen LogP contribution in [0.5, 0.6) is 0 Å². The second kappa shape index (κ2) is 16.0. The van der Waals surface area contributed by atoms with Gasteiger partial charge in [-0.25, -0.2) is 0 Å². The van der Waals surface area contributed by atoms with Crippen molar-refractivity contribution in [2.24, 2.45) is 17.8 Å². The highest BCUT2D eigenvalue weighted by Crippen LogP contribution is 2.36. The van der Waals surface area contributed by atoms with Crippen LogP contribution in [0, 0.1) is 17.8 Å². The molecular weight excluding hydrogens is 204 g/mol. The van der Waals surface area contributed by atoms with E-state index in [9.17, 15) is 0 Å². The van der Waals surface area contributed by atoms with Crippen molar-refractivity contribution in [1.29, 1.82) is 0 Å². The van der Waals surface area contributed by atoms with Crippen molar-refractivity contribution >= 4 is 0 Å². The molecule has 0 aromatic rings. The molecule has 0 nitrogen and oxygen atoms in total. The van der Waals surface area contributed by atoms with Crippen LogP contribution in [0.15, 0.2) is 0 Å². The summed E-state index contributed by atoms with van der Waals surface area (Å²) in [6.07, 6.45) is 8.76. The summed E-state index contributed by atoms with van der Waals surface area (Å²) in [6.45, 7) is 15.2. The molecule has 0 heteroatoms. The van der Waals surface area contributed by atoms with Crippen molar-refractivity contribution in [3.8, 4) is 0 Å². The first-order chi connectivity index (χ1) is 7.75. The molecule has 1 rings (SSSR count). The van der Waals surface area contributed by atoms with Crippen LogP contribution in [-0.2, 0) is 0 Å². The molecule has 0 aromatic heterocycles. The summed E-state index contributed by atoms with van der Waals surface area (Å²) in [6, 6.07) is 0. The fourth-order valence-corrected chi connectivity index (χ4v) is 2.86. The van der Waals surface area contributed by atoms with Gasteiger partial charge in [-0.15, -0.1) is 0 Å². The van der Waals surface area contributed by atoms with Crippen LogP contribution >= 0.6 is 0 Å². The molecule has 1 fully saturated rings. The summed E-state index contributed by atoms with van der Waals surface area (Å²) in [5.41, 5.74) is 0. The van der Waals surface area contributed by atoms with Crippen molar-refractivity contribution in [3.63, 3.8) is 0 Å². The molecule has 1 aliphatic rings. The Morgan fingerprint density at radius 1 is 1.00 bits per heavy atom. The highest BCUT2D eigenvalue weighted by molar-refractivity contribution is 4.76. The molecule has 0 aromatic carbocycles. The molecule has 0 radical (unpaired) electrons. The van der Waals surface area contributed by atoms with Crippen LogP contribution in [0.4, 0.5) is 0 Å². The summed E-state index contributed by atoms with van der Waals surface area (Å²) in [7, 11) is 0. The zero-order valence-electron chi connectivity index (χ0n) is 13.0. The van der Waals surface area contributed by atoms with Gasteiger partial charge in [-0.3, -0.25) is 0 Å². The molecule has 0 saturated heterocycles. The summed E-state index contributed by atoms with van der Waals surface area (Å²) in [5, 5.41) is 0. The lowest BCUT2D eigenvalue weighted by molar-refractivity contribution is 0.177. The predicted molar refractivity (Wildman–Crippen MR) is 84.6 cm³/mol. The molecule has 0 aliphatic heterocycles. The van der Waals surface area contributed by atoms with Gasteiger partial charge in [-0.05, 0) is 24.2 Å². The molecule has 0 bridgehead atoms. The van der Waals surface area contributed by atoms with Gasteiger partial charge in [0.1, 0.15) is 0 Å². The van der Waals surface area contributed by atoms with Gasteiger partial charge in [0.25, 0.3) is 0 Å². The van der Waals surface area contributed by atoms with E-state index in [1.165, 1.54) is 38.5 Å². The Balaban J connectivity index is -0.000000355. The first kappa shape index (κ1) is 22.2. The highest BCUT2D eigenvalue weighted by Gasteiger charge is 2.25. The fraction of sp³-hybridized carbons (Fsp3) is 1.00. The van der Waals surface area contributed by atoms with Gasteiger partial charge in [-0.2, -0.15) is 0 Å². The number of hydrogen-bond donors (Lipinski definition) is 0. The van der Waals surface area contributed by atoms with E-state index in [4.69, 9.17) is 0 Å². The molecule has 1 saturated carbocycles. The maximum absolute atomic E-state index is 2.45. The fourth-order valence-electron chi connectivity index (χ4n) is 2.86. The Hall–Kier alpha value is 0. The minimum atomic E-state index is 0. The number of rotatable bonds is 3. The summed E-state index contributed by atoms with van der Waals surface area (Å²) >= 11 is 0.